The lowest BCUT2D eigenvalue weighted by atomic mass is 9.74. The average Bonchev–Trinajstić information content (AvgIpc) is 2.66. The molecule has 0 amide bonds. The second-order valence-electron chi connectivity index (χ2n) is 6.42. The number of carbonyl (C=O) groups is 1. The number of benzene rings is 1. The first-order chi connectivity index (χ1) is 10.6. The molecule has 1 aromatic carbocycles. The van der Waals surface area contributed by atoms with E-state index < -0.39 is 30.7 Å². The maximum atomic E-state index is 13.3. The second kappa shape index (κ2) is 6.21. The summed E-state index contributed by atoms with van der Waals surface area (Å²) in [4.78, 5) is 12.2. The van der Waals surface area contributed by atoms with Crippen molar-refractivity contribution in [3.63, 3.8) is 0 Å². The maximum Gasteiger partial charge on any atom is 0.495 e. The standard InChI is InChI=1S/C16H21BF2O4/c1-6-21-14(20)12-10(13(18)19)8-7-9-11(12)17-22-15(2,3)16(4,5)23-17/h7-9,13H,6H2,1-5H3. The fraction of sp³-hybridized carbons (Fsp3) is 0.562. The molecule has 0 unspecified atom stereocenters. The average molecular weight is 326 g/mol. The third-order valence-corrected chi connectivity index (χ3v) is 4.35. The minimum atomic E-state index is -2.79. The van der Waals surface area contributed by atoms with E-state index in [4.69, 9.17) is 14.0 Å². The van der Waals surface area contributed by atoms with Gasteiger partial charge in [0.05, 0.1) is 23.4 Å². The highest BCUT2D eigenvalue weighted by Gasteiger charge is 2.52. The van der Waals surface area contributed by atoms with E-state index in [1.807, 2.05) is 27.7 Å². The van der Waals surface area contributed by atoms with Gasteiger partial charge in [0.1, 0.15) is 0 Å². The molecule has 0 atom stereocenters. The van der Waals surface area contributed by atoms with E-state index >= 15 is 0 Å². The first-order valence-corrected chi connectivity index (χ1v) is 7.54. The monoisotopic (exact) mass is 326 g/mol. The number of carbonyl (C=O) groups excluding carboxylic acids is 1. The van der Waals surface area contributed by atoms with Crippen LogP contribution in [0.25, 0.3) is 0 Å². The van der Waals surface area contributed by atoms with Crippen LogP contribution in [-0.2, 0) is 14.0 Å². The SMILES string of the molecule is CCOC(=O)c1c(B2OC(C)(C)C(C)(C)O2)cccc1C(F)F. The van der Waals surface area contributed by atoms with Crippen molar-refractivity contribution >= 4 is 18.6 Å². The minimum Gasteiger partial charge on any atom is -0.462 e. The molecule has 0 aromatic heterocycles. The highest BCUT2D eigenvalue weighted by atomic mass is 19.3. The van der Waals surface area contributed by atoms with Crippen LogP contribution in [0.1, 0.15) is 57.0 Å². The number of hydrogen-bond donors (Lipinski definition) is 0. The number of ether oxygens (including phenoxy) is 1. The largest absolute Gasteiger partial charge is 0.495 e. The van der Waals surface area contributed by atoms with Gasteiger partial charge >= 0.3 is 13.1 Å². The second-order valence-corrected chi connectivity index (χ2v) is 6.42. The summed E-state index contributed by atoms with van der Waals surface area (Å²) in [5.41, 5.74) is -1.56. The lowest BCUT2D eigenvalue weighted by molar-refractivity contribution is 0.00578. The van der Waals surface area contributed by atoms with Crippen LogP contribution in [0.4, 0.5) is 8.78 Å². The molecule has 0 radical (unpaired) electrons. The molecule has 0 spiro atoms. The van der Waals surface area contributed by atoms with Crippen molar-refractivity contribution in [2.45, 2.75) is 52.2 Å². The van der Waals surface area contributed by atoms with E-state index in [0.717, 1.165) is 0 Å². The smallest absolute Gasteiger partial charge is 0.462 e. The van der Waals surface area contributed by atoms with Gasteiger partial charge in [0.25, 0.3) is 6.43 Å². The Morgan fingerprint density at radius 2 is 1.78 bits per heavy atom. The highest BCUT2D eigenvalue weighted by Crippen LogP contribution is 2.37. The van der Waals surface area contributed by atoms with E-state index in [1.165, 1.54) is 12.1 Å². The van der Waals surface area contributed by atoms with Gasteiger partial charge in [-0.2, -0.15) is 0 Å². The Balaban J connectivity index is 2.51. The van der Waals surface area contributed by atoms with Crippen molar-refractivity contribution < 1.29 is 27.6 Å². The highest BCUT2D eigenvalue weighted by molar-refractivity contribution is 6.63. The van der Waals surface area contributed by atoms with Gasteiger partial charge in [-0.25, -0.2) is 13.6 Å². The summed E-state index contributed by atoms with van der Waals surface area (Å²) < 4.78 is 43.3. The molecule has 0 aliphatic carbocycles. The van der Waals surface area contributed by atoms with Crippen molar-refractivity contribution in [3.05, 3.63) is 29.3 Å². The molecule has 1 heterocycles. The number of rotatable bonds is 4. The van der Waals surface area contributed by atoms with E-state index in [2.05, 4.69) is 0 Å². The van der Waals surface area contributed by atoms with Crippen molar-refractivity contribution in [3.8, 4) is 0 Å². The quantitative estimate of drug-likeness (QED) is 0.630. The normalized spacial score (nSPS) is 19.2. The van der Waals surface area contributed by atoms with Crippen LogP contribution in [0.2, 0.25) is 0 Å². The maximum absolute atomic E-state index is 13.3. The van der Waals surface area contributed by atoms with Crippen LogP contribution in [0.3, 0.4) is 0 Å². The molecular weight excluding hydrogens is 305 g/mol. The van der Waals surface area contributed by atoms with Crippen LogP contribution < -0.4 is 5.46 Å². The molecule has 1 saturated heterocycles. The predicted molar refractivity (Wildman–Crippen MR) is 83.1 cm³/mol. The molecular formula is C16H21BF2O4. The van der Waals surface area contributed by atoms with Crippen molar-refractivity contribution in [1.82, 2.24) is 0 Å². The number of alkyl halides is 2. The van der Waals surface area contributed by atoms with Gasteiger partial charge in [0, 0.05) is 5.56 Å². The summed E-state index contributed by atoms with van der Waals surface area (Å²) >= 11 is 0. The van der Waals surface area contributed by atoms with Crippen LogP contribution in [0.15, 0.2) is 18.2 Å². The first-order valence-electron chi connectivity index (χ1n) is 7.54. The molecule has 0 bridgehead atoms. The summed E-state index contributed by atoms with van der Waals surface area (Å²) in [6, 6.07) is 4.23. The fourth-order valence-electron chi connectivity index (χ4n) is 2.38. The Morgan fingerprint density at radius 3 is 2.26 bits per heavy atom. The topological polar surface area (TPSA) is 44.8 Å². The van der Waals surface area contributed by atoms with Crippen LogP contribution in [0, 0.1) is 0 Å². The Kier molecular flexibility index (Phi) is 4.82. The van der Waals surface area contributed by atoms with E-state index in [-0.39, 0.29) is 23.2 Å². The molecule has 7 heteroatoms. The molecule has 1 aromatic rings. The molecule has 1 aliphatic rings. The minimum absolute atomic E-state index is 0.0964. The summed E-state index contributed by atoms with van der Waals surface area (Å²) in [5.74, 6) is -0.798. The van der Waals surface area contributed by atoms with Gasteiger partial charge in [-0.05, 0) is 40.1 Å². The van der Waals surface area contributed by atoms with Gasteiger partial charge < -0.3 is 14.0 Å². The van der Waals surface area contributed by atoms with Gasteiger partial charge in [0.2, 0.25) is 0 Å². The zero-order valence-corrected chi connectivity index (χ0v) is 14.0. The molecule has 126 valence electrons. The third-order valence-electron chi connectivity index (χ3n) is 4.35. The molecule has 4 nitrogen and oxygen atoms in total. The van der Waals surface area contributed by atoms with Crippen molar-refractivity contribution in [2.75, 3.05) is 6.61 Å². The number of hydrogen-bond acceptors (Lipinski definition) is 4. The van der Waals surface area contributed by atoms with E-state index in [0.29, 0.717) is 0 Å². The Labute approximate surface area is 135 Å². The van der Waals surface area contributed by atoms with Gasteiger partial charge in [-0.1, -0.05) is 18.2 Å². The molecule has 1 fully saturated rings. The van der Waals surface area contributed by atoms with Crippen molar-refractivity contribution in [2.24, 2.45) is 0 Å². The first kappa shape index (κ1) is 17.9. The summed E-state index contributed by atoms with van der Waals surface area (Å²) in [7, 11) is -0.905. The van der Waals surface area contributed by atoms with Gasteiger partial charge in [-0.15, -0.1) is 0 Å². The van der Waals surface area contributed by atoms with E-state index in [9.17, 15) is 13.6 Å². The number of esters is 1. The Bertz CT molecular complexity index is 586. The molecule has 2 rings (SSSR count). The molecule has 1 aliphatic heterocycles. The predicted octanol–water partition coefficient (Wildman–Crippen LogP) is 3.10. The van der Waals surface area contributed by atoms with Gasteiger partial charge in [0.15, 0.2) is 0 Å². The van der Waals surface area contributed by atoms with E-state index in [1.54, 1.807) is 13.0 Å². The van der Waals surface area contributed by atoms with Gasteiger partial charge in [-0.3, -0.25) is 0 Å². The van der Waals surface area contributed by atoms with Crippen LogP contribution in [0.5, 0.6) is 0 Å². The summed E-state index contributed by atoms with van der Waals surface area (Å²) in [6.45, 7) is 9.14. The summed E-state index contributed by atoms with van der Waals surface area (Å²) in [5, 5.41) is 0. The zero-order chi connectivity index (χ0) is 17.4. The summed E-state index contributed by atoms with van der Waals surface area (Å²) in [6.07, 6.45) is -2.79. The Hall–Kier alpha value is -1.47. The molecule has 0 N–H and O–H groups in total. The fourth-order valence-corrected chi connectivity index (χ4v) is 2.38. The van der Waals surface area contributed by atoms with Crippen LogP contribution >= 0.6 is 0 Å². The molecule has 0 saturated carbocycles. The Morgan fingerprint density at radius 1 is 1.22 bits per heavy atom. The lowest BCUT2D eigenvalue weighted by Crippen LogP contribution is -2.41. The van der Waals surface area contributed by atoms with Crippen LogP contribution in [-0.4, -0.2) is 30.9 Å². The molecule has 23 heavy (non-hydrogen) atoms. The number of halogens is 2. The lowest BCUT2D eigenvalue weighted by Gasteiger charge is -2.32. The third kappa shape index (κ3) is 3.26. The zero-order valence-electron chi connectivity index (χ0n) is 14.0. The van der Waals surface area contributed by atoms with Crippen molar-refractivity contribution in [1.29, 1.82) is 0 Å².